The molecule has 2 aromatic heterocycles. The summed E-state index contributed by atoms with van der Waals surface area (Å²) in [6, 6.07) is 90.7. The molecule has 4 atom stereocenters. The van der Waals surface area contributed by atoms with E-state index in [0.29, 0.717) is 25.4 Å². The van der Waals surface area contributed by atoms with Crippen molar-refractivity contribution in [1.29, 1.82) is 0 Å². The van der Waals surface area contributed by atoms with Crippen molar-refractivity contribution in [2.45, 2.75) is 95.0 Å². The third-order valence-corrected chi connectivity index (χ3v) is 19.3. The number of hydrogen-bond acceptors (Lipinski definition) is 12. The van der Waals surface area contributed by atoms with Crippen molar-refractivity contribution in [1.82, 2.24) is 34.5 Å². The summed E-state index contributed by atoms with van der Waals surface area (Å²) >= 11 is 12.0. The maximum Gasteiger partial charge on any atom is 0.132 e. The predicted molar refractivity (Wildman–Crippen MR) is 444 cm³/mol. The molecule has 2 saturated heterocycles. The lowest BCUT2D eigenvalue weighted by atomic mass is 9.88. The molecule has 12 nitrogen and oxygen atoms in total. The Morgan fingerprint density at radius 1 is 0.415 bits per heavy atom. The Morgan fingerprint density at radius 3 is 1.24 bits per heavy atom. The summed E-state index contributed by atoms with van der Waals surface area (Å²) in [5.41, 5.74) is 10.2. The molecule has 0 saturated carbocycles. The number of pyridine rings is 2. The summed E-state index contributed by atoms with van der Waals surface area (Å²) in [6.07, 6.45) is 9.74. The maximum absolute atomic E-state index is 6.49. The molecule has 4 heterocycles. The van der Waals surface area contributed by atoms with Crippen LogP contribution >= 0.6 is 35.6 Å². The van der Waals surface area contributed by atoms with E-state index < -0.39 is 11.2 Å². The Labute approximate surface area is 652 Å². The second kappa shape index (κ2) is 47.4. The highest BCUT2D eigenvalue weighted by Gasteiger charge is 2.33. The van der Waals surface area contributed by atoms with E-state index in [4.69, 9.17) is 46.9 Å². The van der Waals surface area contributed by atoms with Crippen LogP contribution in [0.4, 0.5) is 0 Å². The first-order chi connectivity index (χ1) is 50.5. The first kappa shape index (κ1) is 87.4. The summed E-state index contributed by atoms with van der Waals surface area (Å²) in [7, 11) is 16.7. The van der Waals surface area contributed by atoms with Crippen LogP contribution in [-0.4, -0.2) is 169 Å². The number of likely N-dealkylation sites (tertiary alicyclic amines) is 2. The predicted octanol–water partition coefficient (Wildman–Crippen LogP) is 19.7. The zero-order chi connectivity index (χ0) is 73.8. The van der Waals surface area contributed by atoms with Crippen LogP contribution < -0.4 is 0 Å². The zero-order valence-electron chi connectivity index (χ0n) is 63.4. The van der Waals surface area contributed by atoms with Crippen LogP contribution in [0.15, 0.2) is 279 Å². The third-order valence-electron chi connectivity index (χ3n) is 18.8. The SMILES string of the molecule is C.CN(C)CCOC(C)(c1ccccc1)c1ccccn1.CN(C)CCOC(c1ccc(Cl)cc1)c1ccccn1.CN(C)CCOC(c1ccccc1)c1ccccc1.CN1CCC(OC(c2ccccc2)c2ccccc2)CC1.CN1CCC[C@@H]1CCO[C@](C)(c1ccccc1)c1ccc(Cl)cc1.Cl. The lowest BCUT2D eigenvalue weighted by Gasteiger charge is -2.32. The molecule has 0 aliphatic carbocycles. The molecule has 10 aromatic rings. The van der Waals surface area contributed by atoms with Gasteiger partial charge in [0.25, 0.3) is 0 Å². The van der Waals surface area contributed by atoms with E-state index in [-0.39, 0.29) is 38.1 Å². The van der Waals surface area contributed by atoms with Gasteiger partial charge in [0.1, 0.15) is 29.5 Å². The molecule has 0 bridgehead atoms. The second-order valence-corrected chi connectivity index (χ2v) is 28.5. The minimum atomic E-state index is -0.515. The quantitative estimate of drug-likeness (QED) is 0.0468. The van der Waals surface area contributed by atoms with Gasteiger partial charge in [0.15, 0.2) is 0 Å². The molecule has 2 aliphatic heterocycles. The van der Waals surface area contributed by atoms with Crippen molar-refractivity contribution in [3.63, 3.8) is 0 Å². The van der Waals surface area contributed by atoms with E-state index >= 15 is 0 Å². The van der Waals surface area contributed by atoms with Gasteiger partial charge >= 0.3 is 0 Å². The number of ether oxygens (including phenoxy) is 5. The molecule has 8 aromatic carbocycles. The fourth-order valence-electron chi connectivity index (χ4n) is 12.5. The number of likely N-dealkylation sites (N-methyl/N-ethyl adjacent to an activating group) is 3. The van der Waals surface area contributed by atoms with Gasteiger partial charge in [0.05, 0.1) is 37.3 Å². The molecule has 2 aliphatic rings. The Kier molecular flexibility index (Phi) is 39.1. The summed E-state index contributed by atoms with van der Waals surface area (Å²) < 4.78 is 31.3. The Balaban J connectivity index is 0.000000207. The molecule has 566 valence electrons. The number of halogens is 3. The molecule has 0 N–H and O–H groups in total. The van der Waals surface area contributed by atoms with Gasteiger partial charge in [-0.05, 0) is 202 Å². The lowest BCUT2D eigenvalue weighted by Crippen LogP contribution is -2.35. The number of rotatable bonds is 28. The normalized spacial score (nSPS) is 15.2. The number of nitrogens with zero attached hydrogens (tertiary/aromatic N) is 7. The number of piperidine rings is 1. The van der Waals surface area contributed by atoms with Crippen LogP contribution in [0.2, 0.25) is 10.0 Å². The fraction of sp³-hybridized carbons (Fsp3) is 0.363. The van der Waals surface area contributed by atoms with Gasteiger partial charge in [-0.15, -0.1) is 12.4 Å². The van der Waals surface area contributed by atoms with Gasteiger partial charge in [-0.1, -0.05) is 249 Å². The molecule has 15 heteroatoms. The van der Waals surface area contributed by atoms with Gasteiger partial charge < -0.3 is 48.2 Å². The molecule has 0 radical (unpaired) electrons. The van der Waals surface area contributed by atoms with Gasteiger partial charge in [-0.2, -0.15) is 0 Å². The van der Waals surface area contributed by atoms with Crippen LogP contribution in [-0.2, 0) is 34.9 Å². The summed E-state index contributed by atoms with van der Waals surface area (Å²) in [5, 5.41) is 1.48. The molecule has 0 amide bonds. The van der Waals surface area contributed by atoms with Crippen LogP contribution in [0.3, 0.4) is 0 Å². The zero-order valence-corrected chi connectivity index (χ0v) is 65.7. The van der Waals surface area contributed by atoms with Crippen molar-refractivity contribution < 1.29 is 23.7 Å². The minimum Gasteiger partial charge on any atom is -0.367 e. The molecular formula is C91H116Cl3N7O5. The average molecular weight is 1490 g/mol. The van der Waals surface area contributed by atoms with E-state index in [1.807, 2.05) is 144 Å². The lowest BCUT2D eigenvalue weighted by molar-refractivity contribution is -0.0234. The van der Waals surface area contributed by atoms with Crippen LogP contribution in [0.1, 0.15) is 128 Å². The summed E-state index contributed by atoms with van der Waals surface area (Å²) in [6.45, 7) is 13.2. The fourth-order valence-corrected chi connectivity index (χ4v) is 12.8. The summed E-state index contributed by atoms with van der Waals surface area (Å²) in [5.74, 6) is 0. The number of aromatic nitrogens is 2. The molecule has 2 unspecified atom stereocenters. The van der Waals surface area contributed by atoms with E-state index in [1.165, 1.54) is 47.2 Å². The topological polar surface area (TPSA) is 88.1 Å². The minimum absolute atomic E-state index is 0. The Hall–Kier alpha value is -7.47. The van der Waals surface area contributed by atoms with Crippen molar-refractivity contribution in [2.75, 3.05) is 122 Å². The smallest absolute Gasteiger partial charge is 0.132 e. The van der Waals surface area contributed by atoms with E-state index in [9.17, 15) is 0 Å². The standard InChI is InChI=1S/C21H26ClNO.C19H23NO.C17H22N2O.C17H21NO.C16H19ClN2O.CH4.ClH/c1-21(17-7-4-3-5-8-17,18-10-12-19(22)13-11-18)24-16-14-20-9-6-15-23(20)2;1-20-14-12-18(13-15-20)21-19(16-8-4-2-5-9-16)17-10-6-3-7-11-17;1-17(20-14-13-19(2)3,15-9-5-4-6-10-15)16-11-7-8-12-18-16;1-18(2)13-14-19-17(15-9-5-3-6-10-15)16-11-7-4-8-12-16;1-19(2)11-12-20-16(15-5-3-4-10-18-15)13-6-8-14(17)9-7-13;;/h3-5,7-8,10-13,20H,6,9,14-16H2,1-2H3;2-11,18-19H,12-15H2,1H3;4-12H,13-14H2,1-3H3;3-12,17H,13-14H2,1-2H3;3-10,16H,11-12H2,1-2H3;1H4;1H/t20-,21-;;;;;;/m1....../s1. The molecule has 12 rings (SSSR count). The number of hydrogen-bond donors (Lipinski definition) is 0. The third kappa shape index (κ3) is 28.9. The Morgan fingerprint density at radius 2 is 0.802 bits per heavy atom. The first-order valence-electron chi connectivity index (χ1n) is 36.6. The van der Waals surface area contributed by atoms with E-state index in [1.54, 1.807) is 6.20 Å². The van der Waals surface area contributed by atoms with Crippen LogP contribution in [0, 0.1) is 0 Å². The molecule has 2 fully saturated rings. The largest absolute Gasteiger partial charge is 0.367 e. The second-order valence-electron chi connectivity index (χ2n) is 27.7. The van der Waals surface area contributed by atoms with E-state index in [2.05, 4.69) is 234 Å². The highest BCUT2D eigenvalue weighted by Crippen LogP contribution is 2.37. The van der Waals surface area contributed by atoms with Crippen LogP contribution in [0.25, 0.3) is 0 Å². The van der Waals surface area contributed by atoms with Crippen molar-refractivity contribution in [3.05, 3.63) is 345 Å². The van der Waals surface area contributed by atoms with Crippen molar-refractivity contribution in [3.8, 4) is 0 Å². The van der Waals surface area contributed by atoms with Gasteiger partial charge in [0.2, 0.25) is 0 Å². The molecule has 106 heavy (non-hydrogen) atoms. The highest BCUT2D eigenvalue weighted by atomic mass is 35.5. The Bertz CT molecular complexity index is 3740. The van der Waals surface area contributed by atoms with E-state index in [0.717, 1.165) is 103 Å². The van der Waals surface area contributed by atoms with Crippen LogP contribution in [0.5, 0.6) is 0 Å². The number of benzene rings is 8. The van der Waals surface area contributed by atoms with Gasteiger partial charge in [0, 0.05) is 67.8 Å². The average Bonchev–Trinajstić information content (AvgIpc) is 0.868. The summed E-state index contributed by atoms with van der Waals surface area (Å²) in [4.78, 5) is 20.1. The molecule has 0 spiro atoms. The highest BCUT2D eigenvalue weighted by molar-refractivity contribution is 6.30. The maximum atomic E-state index is 6.49. The molecular weight excluding hydrogens is 1380 g/mol. The van der Waals surface area contributed by atoms with Gasteiger partial charge in [-0.3, -0.25) is 9.97 Å². The monoisotopic (exact) mass is 1490 g/mol. The van der Waals surface area contributed by atoms with Crippen molar-refractivity contribution in [2.24, 2.45) is 0 Å². The van der Waals surface area contributed by atoms with Gasteiger partial charge in [-0.25, -0.2) is 0 Å². The van der Waals surface area contributed by atoms with Crippen molar-refractivity contribution >= 4 is 35.6 Å². The first-order valence-corrected chi connectivity index (χ1v) is 37.4.